The molecule has 2 N–H and O–H groups in total. The second kappa shape index (κ2) is 8.77. The minimum atomic E-state index is -0.495. The second-order valence-electron chi connectivity index (χ2n) is 7.52. The van der Waals surface area contributed by atoms with Crippen molar-refractivity contribution in [3.8, 4) is 0 Å². The molecule has 0 fully saturated rings. The number of nitro benzene ring substituents is 1. The quantitative estimate of drug-likeness (QED) is 0.437. The van der Waals surface area contributed by atoms with Crippen LogP contribution in [0.4, 0.5) is 11.4 Å². The Morgan fingerprint density at radius 2 is 2.13 bits per heavy atom. The molecule has 1 aliphatic rings. The van der Waals surface area contributed by atoms with Crippen molar-refractivity contribution in [1.82, 2.24) is 15.1 Å². The fourth-order valence-corrected chi connectivity index (χ4v) is 4.11. The van der Waals surface area contributed by atoms with Gasteiger partial charge < -0.3 is 10.6 Å². The number of aromatic nitrogens is 2. The van der Waals surface area contributed by atoms with Crippen LogP contribution in [0.5, 0.6) is 0 Å². The van der Waals surface area contributed by atoms with Crippen LogP contribution in [0.15, 0.2) is 48.7 Å². The predicted octanol–water partition coefficient (Wildman–Crippen LogP) is 4.40. The van der Waals surface area contributed by atoms with E-state index in [0.717, 1.165) is 36.1 Å². The lowest BCUT2D eigenvalue weighted by molar-refractivity contribution is -0.384. The molecule has 8 nitrogen and oxygen atoms in total. The van der Waals surface area contributed by atoms with Gasteiger partial charge in [0.25, 0.3) is 11.6 Å². The molecule has 0 saturated heterocycles. The number of nitrogens with zero attached hydrogens (tertiary/aromatic N) is 3. The van der Waals surface area contributed by atoms with Gasteiger partial charge in [-0.15, -0.1) is 0 Å². The Kier molecular flexibility index (Phi) is 5.90. The summed E-state index contributed by atoms with van der Waals surface area (Å²) in [6.45, 7) is 0.331. The highest BCUT2D eigenvalue weighted by atomic mass is 35.5. The first-order valence-corrected chi connectivity index (χ1v) is 10.4. The van der Waals surface area contributed by atoms with Crippen molar-refractivity contribution in [3.05, 3.63) is 86.2 Å². The maximum absolute atomic E-state index is 12.8. The number of nitro groups is 1. The molecule has 0 radical (unpaired) electrons. The number of halogens is 1. The van der Waals surface area contributed by atoms with Crippen LogP contribution in [0.25, 0.3) is 0 Å². The molecule has 9 heteroatoms. The van der Waals surface area contributed by atoms with E-state index in [2.05, 4.69) is 15.7 Å². The molecular weight excluding hydrogens is 418 g/mol. The maximum Gasteiger partial charge on any atom is 0.293 e. The molecule has 31 heavy (non-hydrogen) atoms. The number of nitrogens with one attached hydrogen (secondary N) is 2. The van der Waals surface area contributed by atoms with E-state index in [9.17, 15) is 14.9 Å². The lowest BCUT2D eigenvalue weighted by Gasteiger charge is -2.23. The molecule has 0 spiro atoms. The molecule has 0 bridgehead atoms. The van der Waals surface area contributed by atoms with E-state index in [-0.39, 0.29) is 23.2 Å². The standard InChI is InChI=1S/C22H22ClN5O3/c1-27-20-8-4-7-18(16(20)13-25-27)26-22(29)14-9-10-19(21(11-14)28(30)31)24-12-15-5-2-3-6-17(15)23/h2-3,5-6,9-11,13,18,24H,4,7-8,12H2,1H3,(H,26,29). The highest BCUT2D eigenvalue weighted by Crippen LogP contribution is 2.31. The first-order chi connectivity index (χ1) is 14.9. The SMILES string of the molecule is Cn1ncc2c1CCCC2NC(=O)c1ccc(NCc2ccccc2Cl)c([N+](=O)[O-])c1. The Bertz CT molecular complexity index is 1140. The summed E-state index contributed by atoms with van der Waals surface area (Å²) >= 11 is 6.16. The molecule has 1 heterocycles. The molecule has 0 saturated carbocycles. The molecule has 160 valence electrons. The van der Waals surface area contributed by atoms with E-state index in [4.69, 9.17) is 11.6 Å². The van der Waals surface area contributed by atoms with Gasteiger partial charge in [-0.25, -0.2) is 0 Å². The maximum atomic E-state index is 12.8. The Morgan fingerprint density at radius 3 is 2.90 bits per heavy atom. The zero-order valence-corrected chi connectivity index (χ0v) is 17.7. The number of hydrogen-bond donors (Lipinski definition) is 2. The van der Waals surface area contributed by atoms with Crippen LogP contribution in [-0.4, -0.2) is 20.6 Å². The van der Waals surface area contributed by atoms with Gasteiger partial charge in [-0.3, -0.25) is 19.6 Å². The summed E-state index contributed by atoms with van der Waals surface area (Å²) in [5.41, 5.74) is 3.35. The molecule has 4 rings (SSSR count). The van der Waals surface area contributed by atoms with E-state index in [1.54, 1.807) is 24.4 Å². The van der Waals surface area contributed by atoms with Gasteiger partial charge in [-0.05, 0) is 43.0 Å². The van der Waals surface area contributed by atoms with Crippen LogP contribution in [-0.2, 0) is 20.0 Å². The van der Waals surface area contributed by atoms with Crippen molar-refractivity contribution >= 4 is 28.9 Å². The monoisotopic (exact) mass is 439 g/mol. The number of anilines is 1. The summed E-state index contributed by atoms with van der Waals surface area (Å²) in [5.74, 6) is -0.345. The smallest absolute Gasteiger partial charge is 0.293 e. The summed E-state index contributed by atoms with van der Waals surface area (Å²) in [6, 6.07) is 11.6. The Hall–Kier alpha value is -3.39. The van der Waals surface area contributed by atoms with Crippen molar-refractivity contribution in [3.63, 3.8) is 0 Å². The topological polar surface area (TPSA) is 102 Å². The highest BCUT2D eigenvalue weighted by molar-refractivity contribution is 6.31. The van der Waals surface area contributed by atoms with Crippen molar-refractivity contribution in [1.29, 1.82) is 0 Å². The van der Waals surface area contributed by atoms with Crippen LogP contribution in [0.1, 0.15) is 46.1 Å². The first-order valence-electron chi connectivity index (χ1n) is 10.0. The van der Waals surface area contributed by atoms with Gasteiger partial charge >= 0.3 is 0 Å². The van der Waals surface area contributed by atoms with Crippen LogP contribution in [0.2, 0.25) is 5.02 Å². The number of benzene rings is 2. The first kappa shape index (κ1) is 20.9. The van der Waals surface area contributed by atoms with Gasteiger partial charge in [-0.2, -0.15) is 5.10 Å². The average Bonchev–Trinajstić information content (AvgIpc) is 3.15. The number of amides is 1. The van der Waals surface area contributed by atoms with Crippen molar-refractivity contribution < 1.29 is 9.72 Å². The number of rotatable bonds is 6. The minimum absolute atomic E-state index is 0.151. The van der Waals surface area contributed by atoms with Crippen LogP contribution in [0, 0.1) is 10.1 Å². The summed E-state index contributed by atoms with van der Waals surface area (Å²) in [6.07, 6.45) is 4.46. The zero-order valence-electron chi connectivity index (χ0n) is 17.0. The highest BCUT2D eigenvalue weighted by Gasteiger charge is 2.26. The molecule has 3 aromatic rings. The number of aryl methyl sites for hydroxylation is 1. The Morgan fingerprint density at radius 1 is 1.32 bits per heavy atom. The summed E-state index contributed by atoms with van der Waals surface area (Å²) in [7, 11) is 1.89. The lowest BCUT2D eigenvalue weighted by atomic mass is 9.92. The number of carbonyl (C=O) groups is 1. The van der Waals surface area contributed by atoms with Crippen LogP contribution >= 0.6 is 11.6 Å². The minimum Gasteiger partial charge on any atom is -0.375 e. The second-order valence-corrected chi connectivity index (χ2v) is 7.93. The van der Waals surface area contributed by atoms with Gasteiger partial charge in [0.1, 0.15) is 5.69 Å². The summed E-state index contributed by atoms with van der Waals surface area (Å²) in [5, 5.41) is 22.5. The van der Waals surface area contributed by atoms with Crippen molar-refractivity contribution in [2.24, 2.45) is 7.05 Å². The third-order valence-corrected chi connectivity index (χ3v) is 5.93. The molecule has 1 aliphatic carbocycles. The van der Waals surface area contributed by atoms with Crippen LogP contribution < -0.4 is 10.6 Å². The lowest BCUT2D eigenvalue weighted by Crippen LogP contribution is -2.31. The fraction of sp³-hybridized carbons (Fsp3) is 0.273. The molecule has 0 aliphatic heterocycles. The molecule has 1 amide bonds. The van der Waals surface area contributed by atoms with Crippen molar-refractivity contribution in [2.45, 2.75) is 31.8 Å². The van der Waals surface area contributed by atoms with E-state index in [1.807, 2.05) is 29.9 Å². The van der Waals surface area contributed by atoms with Gasteiger partial charge in [0.05, 0.1) is 17.2 Å². The molecule has 1 aromatic heterocycles. The molecular formula is C22H22ClN5O3. The van der Waals surface area contributed by atoms with Gasteiger partial charge in [0.2, 0.25) is 0 Å². The Labute approximate surface area is 184 Å². The predicted molar refractivity (Wildman–Crippen MR) is 118 cm³/mol. The van der Waals surface area contributed by atoms with E-state index < -0.39 is 4.92 Å². The summed E-state index contributed by atoms with van der Waals surface area (Å²) < 4.78 is 1.83. The number of fused-ring (bicyclic) bond motifs is 1. The average molecular weight is 440 g/mol. The number of carbonyl (C=O) groups excluding carboxylic acids is 1. The zero-order chi connectivity index (χ0) is 22.0. The van der Waals surface area contributed by atoms with E-state index >= 15 is 0 Å². The molecule has 1 unspecified atom stereocenters. The van der Waals surface area contributed by atoms with E-state index in [0.29, 0.717) is 17.3 Å². The van der Waals surface area contributed by atoms with Crippen LogP contribution in [0.3, 0.4) is 0 Å². The number of hydrogen-bond acceptors (Lipinski definition) is 5. The molecule has 2 aromatic carbocycles. The fourth-order valence-electron chi connectivity index (χ4n) is 3.90. The van der Waals surface area contributed by atoms with Gasteiger partial charge in [0.15, 0.2) is 0 Å². The molecule has 1 atom stereocenters. The van der Waals surface area contributed by atoms with Gasteiger partial charge in [-0.1, -0.05) is 29.8 Å². The normalized spacial score (nSPS) is 15.2. The van der Waals surface area contributed by atoms with Crippen molar-refractivity contribution in [2.75, 3.05) is 5.32 Å². The van der Waals surface area contributed by atoms with E-state index in [1.165, 1.54) is 6.07 Å². The third-order valence-electron chi connectivity index (χ3n) is 5.56. The Balaban J connectivity index is 1.51. The summed E-state index contributed by atoms with van der Waals surface area (Å²) in [4.78, 5) is 24.0. The van der Waals surface area contributed by atoms with Gasteiger partial charge in [0, 0.05) is 41.5 Å². The third kappa shape index (κ3) is 4.39. The largest absolute Gasteiger partial charge is 0.375 e.